The number of nitrogens with zero attached hydrogens (tertiary/aromatic N) is 4. The summed E-state index contributed by atoms with van der Waals surface area (Å²) in [6.45, 7) is 2.61. The second-order valence-electron chi connectivity index (χ2n) is 6.17. The van der Waals surface area contributed by atoms with Crippen LogP contribution in [0.15, 0.2) is 53.2 Å². The molecule has 25 heavy (non-hydrogen) atoms. The Morgan fingerprint density at radius 1 is 1.20 bits per heavy atom. The Balaban J connectivity index is 1.60. The number of aryl methyl sites for hydroxylation is 1. The second kappa shape index (κ2) is 6.47. The molecule has 1 fully saturated rings. The van der Waals surface area contributed by atoms with Crippen LogP contribution < -0.4 is 0 Å². The van der Waals surface area contributed by atoms with Crippen molar-refractivity contribution in [3.63, 3.8) is 0 Å². The monoisotopic (exact) mass is 334 g/mol. The van der Waals surface area contributed by atoms with Crippen LogP contribution >= 0.6 is 0 Å². The Hall–Kier alpha value is -3.02. The van der Waals surface area contributed by atoms with Crippen molar-refractivity contribution in [2.24, 2.45) is 0 Å². The SMILES string of the molecule is Cc1ccccc1CN1C(=O)CCC1c1nc(-c2ccccn2)no1. The van der Waals surface area contributed by atoms with Crippen molar-refractivity contribution in [2.45, 2.75) is 32.4 Å². The van der Waals surface area contributed by atoms with E-state index in [4.69, 9.17) is 4.52 Å². The van der Waals surface area contributed by atoms with Gasteiger partial charge < -0.3 is 9.42 Å². The molecule has 0 aliphatic carbocycles. The van der Waals surface area contributed by atoms with Gasteiger partial charge in [0.25, 0.3) is 0 Å². The zero-order chi connectivity index (χ0) is 17.2. The van der Waals surface area contributed by atoms with Gasteiger partial charge in [0, 0.05) is 19.2 Å². The van der Waals surface area contributed by atoms with Crippen LogP contribution in [0.2, 0.25) is 0 Å². The molecule has 0 bridgehead atoms. The van der Waals surface area contributed by atoms with Gasteiger partial charge in [-0.1, -0.05) is 35.5 Å². The van der Waals surface area contributed by atoms with E-state index in [9.17, 15) is 4.79 Å². The normalized spacial score (nSPS) is 17.2. The lowest BCUT2D eigenvalue weighted by Crippen LogP contribution is -2.27. The summed E-state index contributed by atoms with van der Waals surface area (Å²) >= 11 is 0. The molecular weight excluding hydrogens is 316 g/mol. The van der Waals surface area contributed by atoms with Crippen LogP contribution in [-0.4, -0.2) is 25.9 Å². The lowest BCUT2D eigenvalue weighted by molar-refractivity contribution is -0.130. The average molecular weight is 334 g/mol. The van der Waals surface area contributed by atoms with E-state index < -0.39 is 0 Å². The van der Waals surface area contributed by atoms with Gasteiger partial charge in [-0.15, -0.1) is 0 Å². The van der Waals surface area contributed by atoms with Gasteiger partial charge in [0.2, 0.25) is 17.6 Å². The first kappa shape index (κ1) is 15.5. The molecule has 3 aromatic rings. The van der Waals surface area contributed by atoms with E-state index in [-0.39, 0.29) is 11.9 Å². The Bertz CT molecular complexity index is 891. The fraction of sp³-hybridized carbons (Fsp3) is 0.263. The van der Waals surface area contributed by atoms with Crippen LogP contribution in [-0.2, 0) is 11.3 Å². The third kappa shape index (κ3) is 3.03. The number of benzene rings is 1. The molecule has 126 valence electrons. The van der Waals surface area contributed by atoms with Crippen LogP contribution in [0.5, 0.6) is 0 Å². The van der Waals surface area contributed by atoms with Gasteiger partial charge in [0.15, 0.2) is 0 Å². The van der Waals surface area contributed by atoms with Gasteiger partial charge in [0.05, 0.1) is 0 Å². The minimum atomic E-state index is -0.183. The molecule has 1 unspecified atom stereocenters. The predicted molar refractivity (Wildman–Crippen MR) is 91.2 cm³/mol. The first-order valence-corrected chi connectivity index (χ1v) is 8.31. The summed E-state index contributed by atoms with van der Waals surface area (Å²) in [7, 11) is 0. The number of carbonyl (C=O) groups is 1. The van der Waals surface area contributed by atoms with E-state index in [1.54, 1.807) is 6.20 Å². The molecule has 0 saturated carbocycles. The quantitative estimate of drug-likeness (QED) is 0.732. The highest BCUT2D eigenvalue weighted by Gasteiger charge is 2.36. The maximum Gasteiger partial charge on any atom is 0.249 e. The van der Waals surface area contributed by atoms with Crippen LogP contribution in [0.25, 0.3) is 11.5 Å². The Morgan fingerprint density at radius 3 is 2.84 bits per heavy atom. The van der Waals surface area contributed by atoms with E-state index in [1.807, 2.05) is 41.3 Å². The largest absolute Gasteiger partial charge is 0.337 e. The van der Waals surface area contributed by atoms with E-state index in [0.717, 1.165) is 5.56 Å². The molecule has 0 spiro atoms. The van der Waals surface area contributed by atoms with Crippen LogP contribution in [0.3, 0.4) is 0 Å². The molecule has 6 nitrogen and oxygen atoms in total. The van der Waals surface area contributed by atoms with Gasteiger partial charge >= 0.3 is 0 Å². The van der Waals surface area contributed by atoms with Crippen molar-refractivity contribution in [3.8, 4) is 11.5 Å². The number of hydrogen-bond acceptors (Lipinski definition) is 5. The number of hydrogen-bond donors (Lipinski definition) is 0. The highest BCUT2D eigenvalue weighted by Crippen LogP contribution is 2.34. The van der Waals surface area contributed by atoms with E-state index in [1.165, 1.54) is 5.56 Å². The molecule has 1 aliphatic rings. The molecule has 1 atom stereocenters. The molecule has 4 rings (SSSR count). The summed E-state index contributed by atoms with van der Waals surface area (Å²) < 4.78 is 5.45. The van der Waals surface area contributed by atoms with Crippen molar-refractivity contribution < 1.29 is 9.32 Å². The van der Waals surface area contributed by atoms with Crippen molar-refractivity contribution in [3.05, 3.63) is 65.7 Å². The van der Waals surface area contributed by atoms with E-state index in [0.29, 0.717) is 36.8 Å². The summed E-state index contributed by atoms with van der Waals surface area (Å²) in [4.78, 5) is 22.9. The third-order valence-corrected chi connectivity index (χ3v) is 4.55. The van der Waals surface area contributed by atoms with E-state index >= 15 is 0 Å². The molecule has 1 aromatic carbocycles. The molecule has 3 heterocycles. The minimum Gasteiger partial charge on any atom is -0.337 e. The van der Waals surface area contributed by atoms with Crippen molar-refractivity contribution >= 4 is 5.91 Å². The smallest absolute Gasteiger partial charge is 0.249 e. The van der Waals surface area contributed by atoms with Crippen molar-refractivity contribution in [1.29, 1.82) is 0 Å². The van der Waals surface area contributed by atoms with Crippen LogP contribution in [0, 0.1) is 6.92 Å². The van der Waals surface area contributed by atoms with E-state index in [2.05, 4.69) is 28.1 Å². The number of pyridine rings is 1. The molecule has 6 heteroatoms. The molecule has 1 amide bonds. The molecule has 2 aromatic heterocycles. The highest BCUT2D eigenvalue weighted by atomic mass is 16.5. The summed E-state index contributed by atoms with van der Waals surface area (Å²) in [6.07, 6.45) is 2.88. The predicted octanol–water partition coefficient (Wildman–Crippen LogP) is 3.30. The number of rotatable bonds is 4. The lowest BCUT2D eigenvalue weighted by Gasteiger charge is -2.23. The van der Waals surface area contributed by atoms with Crippen molar-refractivity contribution in [2.75, 3.05) is 0 Å². The average Bonchev–Trinajstić information content (AvgIpc) is 3.25. The maximum absolute atomic E-state index is 12.4. The van der Waals surface area contributed by atoms with Gasteiger partial charge in [-0.05, 0) is 36.6 Å². The Labute approximate surface area is 145 Å². The zero-order valence-electron chi connectivity index (χ0n) is 13.9. The highest BCUT2D eigenvalue weighted by molar-refractivity contribution is 5.79. The summed E-state index contributed by atoms with van der Waals surface area (Å²) in [6, 6.07) is 13.5. The minimum absolute atomic E-state index is 0.117. The van der Waals surface area contributed by atoms with Crippen molar-refractivity contribution in [1.82, 2.24) is 20.0 Å². The number of aromatic nitrogens is 3. The first-order chi connectivity index (χ1) is 12.2. The summed E-state index contributed by atoms with van der Waals surface area (Å²) in [5.74, 6) is 1.04. The van der Waals surface area contributed by atoms with Gasteiger partial charge in [-0.25, -0.2) is 0 Å². The third-order valence-electron chi connectivity index (χ3n) is 4.55. The molecule has 1 saturated heterocycles. The van der Waals surface area contributed by atoms with Crippen LogP contribution in [0.4, 0.5) is 0 Å². The molecular formula is C19H18N4O2. The Kier molecular flexibility index (Phi) is 4.01. The van der Waals surface area contributed by atoms with Gasteiger partial charge in [-0.3, -0.25) is 9.78 Å². The first-order valence-electron chi connectivity index (χ1n) is 8.31. The lowest BCUT2D eigenvalue weighted by atomic mass is 10.1. The zero-order valence-corrected chi connectivity index (χ0v) is 13.9. The summed E-state index contributed by atoms with van der Waals surface area (Å²) in [5, 5.41) is 4.03. The molecule has 0 N–H and O–H groups in total. The maximum atomic E-state index is 12.4. The standard InChI is InChI=1S/C19H18N4O2/c1-13-6-2-3-7-14(13)12-23-16(9-10-17(23)24)19-21-18(22-25-19)15-8-4-5-11-20-15/h2-8,11,16H,9-10,12H2,1H3. The fourth-order valence-electron chi connectivity index (χ4n) is 3.13. The summed E-state index contributed by atoms with van der Waals surface area (Å²) in [5.41, 5.74) is 2.96. The Morgan fingerprint density at radius 2 is 2.04 bits per heavy atom. The number of amides is 1. The van der Waals surface area contributed by atoms with Gasteiger partial charge in [0.1, 0.15) is 11.7 Å². The number of likely N-dealkylation sites (tertiary alicyclic amines) is 1. The number of carbonyl (C=O) groups excluding carboxylic acids is 1. The van der Waals surface area contributed by atoms with Gasteiger partial charge in [-0.2, -0.15) is 4.98 Å². The second-order valence-corrected chi connectivity index (χ2v) is 6.17. The topological polar surface area (TPSA) is 72.1 Å². The fourth-order valence-corrected chi connectivity index (χ4v) is 3.13. The van der Waals surface area contributed by atoms with Crippen LogP contribution in [0.1, 0.15) is 35.9 Å². The molecule has 1 aliphatic heterocycles. The molecule has 0 radical (unpaired) electrons.